The summed E-state index contributed by atoms with van der Waals surface area (Å²) < 4.78 is 1.79. The molecule has 0 fully saturated rings. The molecule has 1 aromatic heterocycles. The molecular formula is C13H14ClN3O2. The van der Waals surface area contributed by atoms with Gasteiger partial charge < -0.3 is 10.4 Å². The first-order chi connectivity index (χ1) is 8.97. The van der Waals surface area contributed by atoms with Crippen molar-refractivity contribution in [3.8, 4) is 0 Å². The average Bonchev–Trinajstić information content (AvgIpc) is 2.77. The van der Waals surface area contributed by atoms with E-state index in [2.05, 4.69) is 10.4 Å². The Bertz CT molecular complexity index is 608. The summed E-state index contributed by atoms with van der Waals surface area (Å²) in [5, 5.41) is 16.9. The zero-order valence-electron chi connectivity index (χ0n) is 10.6. The number of aromatic nitrogens is 2. The third-order valence-corrected chi connectivity index (χ3v) is 2.85. The van der Waals surface area contributed by atoms with E-state index in [-0.39, 0.29) is 11.6 Å². The number of carbonyl (C=O) groups is 1. The molecule has 1 aromatic carbocycles. The normalized spacial score (nSPS) is 10.7. The van der Waals surface area contributed by atoms with Crippen molar-refractivity contribution in [2.24, 2.45) is 0 Å². The first kappa shape index (κ1) is 13.4. The van der Waals surface area contributed by atoms with Crippen LogP contribution in [0.1, 0.15) is 30.2 Å². The van der Waals surface area contributed by atoms with Crippen LogP contribution in [0.25, 0.3) is 0 Å². The first-order valence-corrected chi connectivity index (χ1v) is 6.20. The van der Waals surface area contributed by atoms with Gasteiger partial charge in [0.05, 0.1) is 11.3 Å². The molecule has 2 aromatic rings. The van der Waals surface area contributed by atoms with Gasteiger partial charge in [-0.15, -0.1) is 0 Å². The summed E-state index contributed by atoms with van der Waals surface area (Å²) in [6, 6.07) is 6.61. The minimum Gasteiger partial charge on any atom is -0.478 e. The Morgan fingerprint density at radius 1 is 1.42 bits per heavy atom. The van der Waals surface area contributed by atoms with Crippen molar-refractivity contribution in [2.75, 3.05) is 5.32 Å². The van der Waals surface area contributed by atoms with E-state index in [4.69, 9.17) is 16.7 Å². The summed E-state index contributed by atoms with van der Waals surface area (Å²) in [5.74, 6) is -0.430. The highest BCUT2D eigenvalue weighted by molar-refractivity contribution is 6.31. The van der Waals surface area contributed by atoms with Crippen LogP contribution >= 0.6 is 11.6 Å². The Labute approximate surface area is 115 Å². The monoisotopic (exact) mass is 279 g/mol. The maximum absolute atomic E-state index is 11.1. The number of carboxylic acid groups (broad SMARTS) is 1. The molecule has 0 amide bonds. The number of hydrogen-bond donors (Lipinski definition) is 2. The molecule has 0 aliphatic heterocycles. The van der Waals surface area contributed by atoms with E-state index < -0.39 is 5.97 Å². The number of halogens is 1. The SMILES string of the molecule is CC(C)n1ccc(Nc2cc(Cl)ccc2C(=O)O)n1. The van der Waals surface area contributed by atoms with Crippen LogP contribution in [-0.2, 0) is 0 Å². The lowest BCUT2D eigenvalue weighted by molar-refractivity contribution is 0.0698. The molecule has 100 valence electrons. The maximum Gasteiger partial charge on any atom is 0.337 e. The second kappa shape index (κ2) is 5.32. The highest BCUT2D eigenvalue weighted by atomic mass is 35.5. The zero-order valence-corrected chi connectivity index (χ0v) is 11.3. The Hall–Kier alpha value is -2.01. The van der Waals surface area contributed by atoms with Gasteiger partial charge in [-0.1, -0.05) is 11.6 Å². The van der Waals surface area contributed by atoms with Crippen LogP contribution in [0.15, 0.2) is 30.5 Å². The summed E-state index contributed by atoms with van der Waals surface area (Å²) >= 11 is 5.88. The second-order valence-electron chi connectivity index (χ2n) is 4.39. The maximum atomic E-state index is 11.1. The predicted octanol–water partition coefficient (Wildman–Crippen LogP) is 3.56. The molecule has 0 spiro atoms. The van der Waals surface area contributed by atoms with Gasteiger partial charge in [-0.3, -0.25) is 4.68 Å². The molecule has 19 heavy (non-hydrogen) atoms. The predicted molar refractivity (Wildman–Crippen MR) is 74.3 cm³/mol. The third kappa shape index (κ3) is 3.06. The van der Waals surface area contributed by atoms with E-state index >= 15 is 0 Å². The van der Waals surface area contributed by atoms with E-state index in [1.165, 1.54) is 6.07 Å². The Balaban J connectivity index is 2.31. The van der Waals surface area contributed by atoms with Gasteiger partial charge in [0.2, 0.25) is 0 Å². The zero-order chi connectivity index (χ0) is 14.0. The van der Waals surface area contributed by atoms with Gasteiger partial charge >= 0.3 is 5.97 Å². The van der Waals surface area contributed by atoms with Crippen LogP contribution in [0.3, 0.4) is 0 Å². The number of nitrogens with one attached hydrogen (secondary N) is 1. The summed E-state index contributed by atoms with van der Waals surface area (Å²) in [4.78, 5) is 11.1. The molecule has 2 rings (SSSR count). The Kier molecular flexibility index (Phi) is 3.76. The van der Waals surface area contributed by atoms with Crippen molar-refractivity contribution < 1.29 is 9.90 Å². The van der Waals surface area contributed by atoms with Crippen LogP contribution in [0.2, 0.25) is 5.02 Å². The smallest absolute Gasteiger partial charge is 0.337 e. The van der Waals surface area contributed by atoms with E-state index in [9.17, 15) is 4.79 Å². The standard InChI is InChI=1S/C13H14ClN3O2/c1-8(2)17-6-5-12(16-17)15-11-7-9(14)3-4-10(11)13(18)19/h3-8H,1-2H3,(H,15,16)(H,18,19). The minimum atomic E-state index is -1.01. The van der Waals surface area contributed by atoms with Gasteiger partial charge in [-0.05, 0) is 32.0 Å². The number of aromatic carboxylic acids is 1. The van der Waals surface area contributed by atoms with Gasteiger partial charge in [-0.25, -0.2) is 4.79 Å². The fourth-order valence-corrected chi connectivity index (χ4v) is 1.81. The lowest BCUT2D eigenvalue weighted by Crippen LogP contribution is -2.04. The average molecular weight is 280 g/mol. The summed E-state index contributed by atoms with van der Waals surface area (Å²) in [5.41, 5.74) is 0.581. The van der Waals surface area contributed by atoms with E-state index in [0.29, 0.717) is 16.5 Å². The molecule has 0 saturated carbocycles. The van der Waals surface area contributed by atoms with Gasteiger partial charge in [-0.2, -0.15) is 5.10 Å². The highest BCUT2D eigenvalue weighted by Crippen LogP contribution is 2.24. The molecule has 0 saturated heterocycles. The third-order valence-electron chi connectivity index (χ3n) is 2.61. The molecule has 5 nitrogen and oxygen atoms in total. The van der Waals surface area contributed by atoms with Crippen molar-refractivity contribution in [1.82, 2.24) is 9.78 Å². The number of nitrogens with zero attached hydrogens (tertiary/aromatic N) is 2. The molecule has 0 aliphatic rings. The fraction of sp³-hybridized carbons (Fsp3) is 0.231. The molecular weight excluding hydrogens is 266 g/mol. The van der Waals surface area contributed by atoms with E-state index in [1.807, 2.05) is 20.0 Å². The van der Waals surface area contributed by atoms with Gasteiger partial charge in [0, 0.05) is 23.3 Å². The van der Waals surface area contributed by atoms with E-state index in [1.54, 1.807) is 22.9 Å². The highest BCUT2D eigenvalue weighted by Gasteiger charge is 2.12. The molecule has 2 N–H and O–H groups in total. The van der Waals surface area contributed by atoms with Crippen LogP contribution in [0.5, 0.6) is 0 Å². The van der Waals surface area contributed by atoms with Crippen molar-refractivity contribution >= 4 is 29.1 Å². The number of rotatable bonds is 4. The number of anilines is 2. The van der Waals surface area contributed by atoms with Crippen LogP contribution in [0, 0.1) is 0 Å². The summed E-state index contributed by atoms with van der Waals surface area (Å²) in [6.45, 7) is 4.03. The number of benzene rings is 1. The largest absolute Gasteiger partial charge is 0.478 e. The number of carboxylic acids is 1. The van der Waals surface area contributed by atoms with E-state index in [0.717, 1.165) is 0 Å². The fourth-order valence-electron chi connectivity index (χ4n) is 1.64. The van der Waals surface area contributed by atoms with Crippen molar-refractivity contribution in [3.63, 3.8) is 0 Å². The summed E-state index contributed by atoms with van der Waals surface area (Å²) in [6.07, 6.45) is 1.83. The Morgan fingerprint density at radius 3 is 2.74 bits per heavy atom. The first-order valence-electron chi connectivity index (χ1n) is 5.82. The molecule has 6 heteroatoms. The van der Waals surface area contributed by atoms with Crippen LogP contribution in [0.4, 0.5) is 11.5 Å². The lowest BCUT2D eigenvalue weighted by atomic mass is 10.2. The Morgan fingerprint density at radius 2 is 2.16 bits per heavy atom. The lowest BCUT2D eigenvalue weighted by Gasteiger charge is -2.08. The van der Waals surface area contributed by atoms with Crippen LogP contribution < -0.4 is 5.32 Å². The molecule has 0 aliphatic carbocycles. The molecule has 0 bridgehead atoms. The van der Waals surface area contributed by atoms with Gasteiger partial charge in [0.15, 0.2) is 5.82 Å². The molecule has 1 heterocycles. The van der Waals surface area contributed by atoms with Crippen molar-refractivity contribution in [3.05, 3.63) is 41.0 Å². The molecule has 0 radical (unpaired) electrons. The molecule has 0 unspecified atom stereocenters. The quantitative estimate of drug-likeness (QED) is 0.898. The summed E-state index contributed by atoms with van der Waals surface area (Å²) in [7, 11) is 0. The van der Waals surface area contributed by atoms with Gasteiger partial charge in [0.25, 0.3) is 0 Å². The molecule has 0 atom stereocenters. The van der Waals surface area contributed by atoms with Gasteiger partial charge in [0.1, 0.15) is 0 Å². The second-order valence-corrected chi connectivity index (χ2v) is 4.83. The van der Waals surface area contributed by atoms with Crippen molar-refractivity contribution in [2.45, 2.75) is 19.9 Å². The van der Waals surface area contributed by atoms with Crippen molar-refractivity contribution in [1.29, 1.82) is 0 Å². The number of hydrogen-bond acceptors (Lipinski definition) is 3. The topological polar surface area (TPSA) is 67.2 Å². The van der Waals surface area contributed by atoms with Crippen LogP contribution in [-0.4, -0.2) is 20.9 Å². The minimum absolute atomic E-state index is 0.156.